The molecule has 0 saturated carbocycles. The maximum atomic E-state index is 10.7. The Kier molecular flexibility index (Phi) is 4.53. The Balaban J connectivity index is 2.21. The fourth-order valence-corrected chi connectivity index (χ4v) is 2.40. The van der Waals surface area contributed by atoms with Gasteiger partial charge in [-0.2, -0.15) is 8.42 Å². The summed E-state index contributed by atoms with van der Waals surface area (Å²) in [5.74, 6) is -0.268. The molecule has 142 valence electrons. The first-order valence-corrected chi connectivity index (χ1v) is 8.88. The highest BCUT2D eigenvalue weighted by atomic mass is 32.3. The minimum Gasteiger partial charge on any atom is -0.508 e. The molecule has 0 aliphatic carbocycles. The molecule has 0 saturated heterocycles. The number of benzene rings is 2. The van der Waals surface area contributed by atoms with Crippen LogP contribution in [0.3, 0.4) is 0 Å². The SMILES string of the molecule is [2H]C([2H])([2H])C([2H])(NCC(O)c1ccc(O)cc1)C([2H])([2H])Cc1ccc(OS(=O)(=O)O)cc1. The summed E-state index contributed by atoms with van der Waals surface area (Å²) in [6.07, 6.45) is -4.47. The van der Waals surface area contributed by atoms with Gasteiger partial charge in [-0.05, 0) is 55.0 Å². The predicted molar refractivity (Wildman–Crippen MR) is 97.5 cm³/mol. The van der Waals surface area contributed by atoms with Crippen LogP contribution in [0.4, 0.5) is 0 Å². The second kappa shape index (κ2) is 9.00. The van der Waals surface area contributed by atoms with Gasteiger partial charge in [0.2, 0.25) is 0 Å². The Morgan fingerprint density at radius 1 is 1.23 bits per heavy atom. The summed E-state index contributed by atoms with van der Waals surface area (Å²) in [6, 6.07) is 7.47. The van der Waals surface area contributed by atoms with Gasteiger partial charge < -0.3 is 19.7 Å². The van der Waals surface area contributed by atoms with Crippen LogP contribution in [0.2, 0.25) is 0 Å². The maximum absolute atomic E-state index is 10.7. The molecule has 7 nitrogen and oxygen atoms in total. The van der Waals surface area contributed by atoms with Crippen molar-refractivity contribution in [1.82, 2.24) is 5.32 Å². The number of rotatable bonds is 9. The summed E-state index contributed by atoms with van der Waals surface area (Å²) < 4.78 is 82.7. The molecule has 2 aromatic rings. The Morgan fingerprint density at radius 2 is 1.88 bits per heavy atom. The minimum atomic E-state index is -4.73. The summed E-state index contributed by atoms with van der Waals surface area (Å²) >= 11 is 0. The fraction of sp³-hybridized carbons (Fsp3) is 0.333. The largest absolute Gasteiger partial charge is 0.508 e. The molecule has 0 radical (unpaired) electrons. The van der Waals surface area contributed by atoms with Crippen LogP contribution in [0.25, 0.3) is 0 Å². The van der Waals surface area contributed by atoms with Crippen molar-refractivity contribution in [2.75, 3.05) is 6.54 Å². The third-order valence-electron chi connectivity index (χ3n) is 3.34. The zero-order chi connectivity index (χ0) is 24.4. The van der Waals surface area contributed by atoms with E-state index in [0.717, 1.165) is 12.1 Å². The van der Waals surface area contributed by atoms with E-state index in [2.05, 4.69) is 9.50 Å². The number of hydrogen-bond donors (Lipinski definition) is 4. The highest BCUT2D eigenvalue weighted by molar-refractivity contribution is 7.81. The number of aromatic hydroxyl groups is 1. The minimum absolute atomic E-state index is 0.0319. The normalized spacial score (nSPS) is 19.6. The van der Waals surface area contributed by atoms with Crippen LogP contribution >= 0.6 is 0 Å². The number of phenolic OH excluding ortho intramolecular Hbond substituents is 1. The number of hydrogen-bond acceptors (Lipinski definition) is 6. The van der Waals surface area contributed by atoms with E-state index in [-0.39, 0.29) is 17.1 Å². The van der Waals surface area contributed by atoms with Crippen LogP contribution in [0, 0.1) is 0 Å². The van der Waals surface area contributed by atoms with E-state index in [1.54, 1.807) is 0 Å². The van der Waals surface area contributed by atoms with E-state index in [1.807, 2.05) is 0 Å². The van der Waals surface area contributed by atoms with E-state index in [0.29, 0.717) is 5.56 Å². The van der Waals surface area contributed by atoms with Gasteiger partial charge in [0, 0.05) is 20.8 Å². The van der Waals surface area contributed by atoms with Crippen molar-refractivity contribution in [2.45, 2.75) is 31.8 Å². The van der Waals surface area contributed by atoms with Gasteiger partial charge in [-0.25, -0.2) is 0 Å². The topological polar surface area (TPSA) is 116 Å². The number of nitrogens with one attached hydrogen (secondary N) is 1. The van der Waals surface area contributed by atoms with Gasteiger partial charge in [-0.1, -0.05) is 24.3 Å². The molecule has 0 spiro atoms. The van der Waals surface area contributed by atoms with Gasteiger partial charge in [0.05, 0.1) is 6.10 Å². The van der Waals surface area contributed by atoms with Gasteiger partial charge in [0.1, 0.15) is 11.5 Å². The van der Waals surface area contributed by atoms with Gasteiger partial charge in [0.15, 0.2) is 0 Å². The molecule has 2 unspecified atom stereocenters. The lowest BCUT2D eigenvalue weighted by Gasteiger charge is -2.17. The summed E-state index contributed by atoms with van der Waals surface area (Å²) in [4.78, 5) is 0. The second-order valence-corrected chi connectivity index (χ2v) is 6.39. The zero-order valence-corrected chi connectivity index (χ0v) is 14.4. The van der Waals surface area contributed by atoms with Crippen LogP contribution in [0.5, 0.6) is 11.5 Å². The molecule has 0 aliphatic heterocycles. The number of phenols is 1. The summed E-state index contributed by atoms with van der Waals surface area (Å²) in [5.41, 5.74) is 0.567. The van der Waals surface area contributed by atoms with Gasteiger partial charge >= 0.3 is 10.4 Å². The Labute approximate surface area is 161 Å². The second-order valence-electron chi connectivity index (χ2n) is 5.37. The molecule has 2 rings (SSSR count). The molecular weight excluding hydrogens is 358 g/mol. The summed E-state index contributed by atoms with van der Waals surface area (Å²) in [7, 11) is -4.73. The molecule has 0 amide bonds. The summed E-state index contributed by atoms with van der Waals surface area (Å²) in [5, 5.41) is 22.0. The monoisotopic (exact) mass is 387 g/mol. The molecule has 4 N–H and O–H groups in total. The van der Waals surface area contributed by atoms with Crippen LogP contribution < -0.4 is 9.50 Å². The predicted octanol–water partition coefficient (Wildman–Crippen LogP) is 2.22. The van der Waals surface area contributed by atoms with Crippen molar-refractivity contribution in [3.05, 3.63) is 59.7 Å². The molecule has 0 aromatic heterocycles. The third-order valence-corrected chi connectivity index (χ3v) is 3.75. The molecule has 0 aliphatic rings. The lowest BCUT2D eigenvalue weighted by molar-refractivity contribution is 0.170. The van der Waals surface area contributed by atoms with Crippen molar-refractivity contribution < 1.29 is 35.6 Å². The van der Waals surface area contributed by atoms with Crippen molar-refractivity contribution in [1.29, 1.82) is 0 Å². The average Bonchev–Trinajstić information content (AvgIpc) is 2.65. The first-order chi connectivity index (χ1) is 14.5. The smallest absolute Gasteiger partial charge is 0.446 e. The summed E-state index contributed by atoms with van der Waals surface area (Å²) in [6.45, 7) is -3.58. The standard InChI is InChI=1S/C18H23NO6S/c1-13(19-12-18(21)15-6-8-16(20)9-7-15)2-3-14-4-10-17(11-5-14)25-26(22,23)24/h4-11,13,18-21H,2-3,12H2,1H3,(H,22,23,24)/i1D3,2D2,13D. The van der Waals surface area contributed by atoms with E-state index >= 15 is 0 Å². The van der Waals surface area contributed by atoms with Crippen LogP contribution in [-0.2, 0) is 16.8 Å². The quantitative estimate of drug-likeness (QED) is 0.488. The zero-order valence-electron chi connectivity index (χ0n) is 19.6. The molecule has 0 heterocycles. The van der Waals surface area contributed by atoms with Crippen molar-refractivity contribution in [3.8, 4) is 11.5 Å². The van der Waals surface area contributed by atoms with E-state index in [4.69, 9.17) is 12.8 Å². The van der Waals surface area contributed by atoms with Gasteiger partial charge in [0.25, 0.3) is 0 Å². The third kappa shape index (κ3) is 7.01. The number of aliphatic hydroxyl groups excluding tert-OH is 1. The fourth-order valence-electron chi connectivity index (χ4n) is 2.05. The maximum Gasteiger partial charge on any atom is 0.446 e. The molecule has 2 atom stereocenters. The molecule has 8 heteroatoms. The molecular formula is C18H23NO6S. The van der Waals surface area contributed by atoms with Crippen LogP contribution in [0.1, 0.15) is 38.7 Å². The highest BCUT2D eigenvalue weighted by Gasteiger charge is 2.10. The average molecular weight is 387 g/mol. The number of aryl methyl sites for hydroxylation is 1. The molecule has 2 aromatic carbocycles. The van der Waals surface area contributed by atoms with E-state index in [1.165, 1.54) is 36.4 Å². The molecule has 0 fully saturated rings. The van der Waals surface area contributed by atoms with Crippen LogP contribution in [0.15, 0.2) is 48.5 Å². The Hall–Kier alpha value is -2.13. The van der Waals surface area contributed by atoms with Crippen molar-refractivity contribution in [2.24, 2.45) is 0 Å². The first kappa shape index (κ1) is 13.1. The Bertz CT molecular complexity index is 1010. The van der Waals surface area contributed by atoms with Gasteiger partial charge in [-0.3, -0.25) is 4.55 Å². The van der Waals surface area contributed by atoms with E-state index < -0.39 is 48.7 Å². The van der Waals surface area contributed by atoms with Crippen molar-refractivity contribution in [3.63, 3.8) is 0 Å². The lowest BCUT2D eigenvalue weighted by atomic mass is 10.1. The molecule has 0 bridgehead atoms. The highest BCUT2D eigenvalue weighted by Crippen LogP contribution is 2.17. The lowest BCUT2D eigenvalue weighted by Crippen LogP contribution is -2.30. The molecule has 26 heavy (non-hydrogen) atoms. The number of aliphatic hydroxyl groups is 1. The van der Waals surface area contributed by atoms with Crippen LogP contribution in [-0.4, -0.2) is 35.7 Å². The first-order valence-electron chi connectivity index (χ1n) is 10.5. The van der Waals surface area contributed by atoms with Crippen molar-refractivity contribution >= 4 is 10.4 Å². The van der Waals surface area contributed by atoms with E-state index in [9.17, 15) is 18.6 Å². The Morgan fingerprint density at radius 3 is 2.46 bits per heavy atom. The van der Waals surface area contributed by atoms with Gasteiger partial charge in [-0.15, -0.1) is 0 Å².